The molecule has 0 unspecified atom stereocenters. The van der Waals surface area contributed by atoms with Gasteiger partial charge < -0.3 is 14.8 Å². The maximum atomic E-state index is 12.0. The van der Waals surface area contributed by atoms with Crippen LogP contribution in [0.25, 0.3) is 0 Å². The quantitative estimate of drug-likeness (QED) is 0.861. The van der Waals surface area contributed by atoms with Gasteiger partial charge in [0.05, 0.1) is 18.4 Å². The number of hydrogen-bond donors (Lipinski definition) is 1. The van der Waals surface area contributed by atoms with Gasteiger partial charge in [-0.3, -0.25) is 4.79 Å². The predicted molar refractivity (Wildman–Crippen MR) is 87.8 cm³/mol. The van der Waals surface area contributed by atoms with Crippen molar-refractivity contribution in [1.29, 1.82) is 0 Å². The van der Waals surface area contributed by atoms with Crippen LogP contribution >= 0.6 is 0 Å². The Labute approximate surface area is 135 Å². The van der Waals surface area contributed by atoms with Crippen molar-refractivity contribution in [2.75, 3.05) is 19.0 Å². The molecule has 0 bridgehead atoms. The summed E-state index contributed by atoms with van der Waals surface area (Å²) in [6.07, 6.45) is 0. The Kier molecular flexibility index (Phi) is 5.36. The minimum absolute atomic E-state index is 0.139. The Morgan fingerprint density at radius 1 is 1.09 bits per heavy atom. The van der Waals surface area contributed by atoms with Crippen molar-refractivity contribution >= 4 is 17.6 Å². The first-order valence-corrected chi connectivity index (χ1v) is 7.18. The van der Waals surface area contributed by atoms with Gasteiger partial charge in [0.25, 0.3) is 5.91 Å². The summed E-state index contributed by atoms with van der Waals surface area (Å²) in [5.41, 5.74) is 2.79. The van der Waals surface area contributed by atoms with Gasteiger partial charge in [0.1, 0.15) is 5.75 Å². The molecular weight excluding hydrogens is 294 g/mol. The summed E-state index contributed by atoms with van der Waals surface area (Å²) in [5, 5.41) is 2.66. The molecule has 5 nitrogen and oxygen atoms in total. The molecule has 0 saturated heterocycles. The van der Waals surface area contributed by atoms with E-state index in [9.17, 15) is 9.59 Å². The van der Waals surface area contributed by atoms with E-state index in [1.54, 1.807) is 24.3 Å². The number of amides is 1. The van der Waals surface area contributed by atoms with Gasteiger partial charge in [-0.25, -0.2) is 4.79 Å². The Hall–Kier alpha value is -2.82. The van der Waals surface area contributed by atoms with Crippen LogP contribution in [0, 0.1) is 13.8 Å². The predicted octanol–water partition coefficient (Wildman–Crippen LogP) is 3.11. The summed E-state index contributed by atoms with van der Waals surface area (Å²) < 4.78 is 10.2. The molecule has 23 heavy (non-hydrogen) atoms. The Bertz CT molecular complexity index is 725. The first kappa shape index (κ1) is 16.5. The summed E-state index contributed by atoms with van der Waals surface area (Å²) in [6.45, 7) is 3.78. The normalized spacial score (nSPS) is 10.0. The minimum atomic E-state index is -0.504. The molecule has 1 amide bonds. The van der Waals surface area contributed by atoms with E-state index >= 15 is 0 Å². The zero-order chi connectivity index (χ0) is 16.8. The van der Waals surface area contributed by atoms with Crippen LogP contribution in [0.15, 0.2) is 42.5 Å². The second kappa shape index (κ2) is 7.45. The lowest BCUT2D eigenvalue weighted by Crippen LogP contribution is -2.22. The third-order valence-electron chi connectivity index (χ3n) is 3.30. The monoisotopic (exact) mass is 313 g/mol. The Morgan fingerprint density at radius 3 is 2.52 bits per heavy atom. The molecular formula is C18H19NO4. The third-order valence-corrected chi connectivity index (χ3v) is 3.30. The number of anilines is 1. The summed E-state index contributed by atoms with van der Waals surface area (Å²) in [6, 6.07) is 12.4. The summed E-state index contributed by atoms with van der Waals surface area (Å²) >= 11 is 0. The van der Waals surface area contributed by atoms with E-state index in [4.69, 9.17) is 9.47 Å². The number of carbonyl (C=O) groups excluding carboxylic acids is 2. The molecule has 5 heteroatoms. The van der Waals surface area contributed by atoms with Crippen molar-refractivity contribution in [2.24, 2.45) is 0 Å². The van der Waals surface area contributed by atoms with Gasteiger partial charge in [-0.05, 0) is 37.6 Å². The van der Waals surface area contributed by atoms with E-state index in [1.165, 1.54) is 7.11 Å². The van der Waals surface area contributed by atoms with E-state index in [-0.39, 0.29) is 12.5 Å². The third kappa shape index (κ3) is 4.32. The number of aryl methyl sites for hydroxylation is 2. The largest absolute Gasteiger partial charge is 0.483 e. The fourth-order valence-electron chi connectivity index (χ4n) is 2.17. The molecule has 0 aliphatic heterocycles. The highest BCUT2D eigenvalue weighted by Gasteiger charge is 2.13. The van der Waals surface area contributed by atoms with Crippen LogP contribution in [-0.4, -0.2) is 25.6 Å². The number of carbonyl (C=O) groups is 2. The fourth-order valence-corrected chi connectivity index (χ4v) is 2.17. The molecule has 2 aromatic rings. The average Bonchev–Trinajstić information content (AvgIpc) is 2.54. The maximum absolute atomic E-state index is 12.0. The van der Waals surface area contributed by atoms with Crippen molar-refractivity contribution in [3.05, 3.63) is 59.2 Å². The second-order valence-corrected chi connectivity index (χ2v) is 5.14. The highest BCUT2D eigenvalue weighted by Crippen LogP contribution is 2.19. The zero-order valence-electron chi connectivity index (χ0n) is 13.4. The van der Waals surface area contributed by atoms with Crippen LogP contribution < -0.4 is 10.1 Å². The molecule has 1 N–H and O–H groups in total. The van der Waals surface area contributed by atoms with Gasteiger partial charge in [0.2, 0.25) is 0 Å². The fraction of sp³-hybridized carbons (Fsp3) is 0.222. The molecule has 0 radical (unpaired) electrons. The van der Waals surface area contributed by atoms with Crippen molar-refractivity contribution in [3.63, 3.8) is 0 Å². The highest BCUT2D eigenvalue weighted by atomic mass is 16.5. The molecule has 0 aromatic heterocycles. The van der Waals surface area contributed by atoms with Crippen LogP contribution in [0.3, 0.4) is 0 Å². The molecule has 0 aliphatic rings. The van der Waals surface area contributed by atoms with Gasteiger partial charge in [-0.15, -0.1) is 0 Å². The van der Waals surface area contributed by atoms with Crippen molar-refractivity contribution < 1.29 is 19.1 Å². The van der Waals surface area contributed by atoms with E-state index in [0.29, 0.717) is 17.0 Å². The molecule has 0 fully saturated rings. The maximum Gasteiger partial charge on any atom is 0.339 e. The molecule has 0 saturated carbocycles. The number of esters is 1. The highest BCUT2D eigenvalue weighted by molar-refractivity contribution is 6.01. The van der Waals surface area contributed by atoms with Crippen molar-refractivity contribution in [3.8, 4) is 5.75 Å². The average molecular weight is 313 g/mol. The molecule has 2 aromatic carbocycles. The lowest BCUT2D eigenvalue weighted by Gasteiger charge is -2.12. The SMILES string of the molecule is COC(=O)c1ccccc1NC(=O)COc1ccc(C)cc1C. The number of para-hydroxylation sites is 1. The minimum Gasteiger partial charge on any atom is -0.483 e. The van der Waals surface area contributed by atoms with Gasteiger partial charge in [0, 0.05) is 0 Å². The van der Waals surface area contributed by atoms with Gasteiger partial charge >= 0.3 is 5.97 Å². The van der Waals surface area contributed by atoms with Gasteiger partial charge in [-0.2, -0.15) is 0 Å². The lowest BCUT2D eigenvalue weighted by molar-refractivity contribution is -0.118. The van der Waals surface area contributed by atoms with E-state index in [1.807, 2.05) is 32.0 Å². The number of benzene rings is 2. The van der Waals surface area contributed by atoms with Gasteiger partial charge in [-0.1, -0.05) is 29.8 Å². The molecule has 0 atom stereocenters. The second-order valence-electron chi connectivity index (χ2n) is 5.14. The van der Waals surface area contributed by atoms with E-state index < -0.39 is 5.97 Å². The first-order valence-electron chi connectivity index (χ1n) is 7.18. The topological polar surface area (TPSA) is 64.6 Å². The van der Waals surface area contributed by atoms with Crippen LogP contribution in [0.1, 0.15) is 21.5 Å². The van der Waals surface area contributed by atoms with Crippen LogP contribution in [0.5, 0.6) is 5.75 Å². The number of ether oxygens (including phenoxy) is 2. The van der Waals surface area contributed by atoms with Gasteiger partial charge in [0.15, 0.2) is 6.61 Å². The van der Waals surface area contributed by atoms with E-state index in [2.05, 4.69) is 5.32 Å². The van der Waals surface area contributed by atoms with E-state index in [0.717, 1.165) is 11.1 Å². The number of rotatable bonds is 5. The lowest BCUT2D eigenvalue weighted by atomic mass is 10.1. The first-order chi connectivity index (χ1) is 11.0. The van der Waals surface area contributed by atoms with Crippen molar-refractivity contribution in [1.82, 2.24) is 0 Å². The Balaban J connectivity index is 2.01. The summed E-state index contributed by atoms with van der Waals surface area (Å²) in [4.78, 5) is 23.7. The van der Waals surface area contributed by atoms with Crippen LogP contribution in [0.2, 0.25) is 0 Å². The number of nitrogens with one attached hydrogen (secondary N) is 1. The molecule has 0 heterocycles. The summed E-state index contributed by atoms with van der Waals surface area (Å²) in [5.74, 6) is -0.190. The standard InChI is InChI=1S/C18H19NO4/c1-12-8-9-16(13(2)10-12)23-11-17(20)19-15-7-5-4-6-14(15)18(21)22-3/h4-10H,11H2,1-3H3,(H,19,20). The molecule has 0 spiro atoms. The number of hydrogen-bond acceptors (Lipinski definition) is 4. The smallest absolute Gasteiger partial charge is 0.339 e. The number of methoxy groups -OCH3 is 1. The summed E-state index contributed by atoms with van der Waals surface area (Å²) in [7, 11) is 1.30. The molecule has 2 rings (SSSR count). The van der Waals surface area contributed by atoms with Crippen LogP contribution in [-0.2, 0) is 9.53 Å². The van der Waals surface area contributed by atoms with Crippen molar-refractivity contribution in [2.45, 2.75) is 13.8 Å². The molecule has 120 valence electrons. The molecule has 0 aliphatic carbocycles. The van der Waals surface area contributed by atoms with Crippen LogP contribution in [0.4, 0.5) is 5.69 Å². The zero-order valence-corrected chi connectivity index (χ0v) is 13.4. The Morgan fingerprint density at radius 2 is 1.83 bits per heavy atom.